The predicted molar refractivity (Wildman–Crippen MR) is 79.3 cm³/mol. The van der Waals surface area contributed by atoms with Gasteiger partial charge >= 0.3 is 0 Å². The lowest BCUT2D eigenvalue weighted by Gasteiger charge is -2.47. The highest BCUT2D eigenvalue weighted by Gasteiger charge is 2.33. The highest BCUT2D eigenvalue weighted by molar-refractivity contribution is 5.51. The van der Waals surface area contributed by atoms with E-state index >= 15 is 0 Å². The maximum absolute atomic E-state index is 3.32. The van der Waals surface area contributed by atoms with Crippen molar-refractivity contribution in [3.8, 4) is 0 Å². The molecule has 1 unspecified atom stereocenters. The molecule has 0 radical (unpaired) electrons. The molecule has 1 N–H and O–H groups in total. The van der Waals surface area contributed by atoms with E-state index in [1.54, 1.807) is 0 Å². The van der Waals surface area contributed by atoms with Crippen molar-refractivity contribution in [1.82, 2.24) is 5.32 Å². The molecule has 1 saturated heterocycles. The molecule has 2 nitrogen and oxygen atoms in total. The molecule has 18 heavy (non-hydrogen) atoms. The Hall–Kier alpha value is -1.02. The van der Waals surface area contributed by atoms with Crippen LogP contribution in [0, 0.1) is 12.8 Å². The molecule has 0 spiro atoms. The molecule has 2 rings (SSSR count). The first-order chi connectivity index (χ1) is 8.53. The average molecular weight is 246 g/mol. The number of anilines is 1. The summed E-state index contributed by atoms with van der Waals surface area (Å²) in [6, 6.07) is 8.90. The summed E-state index contributed by atoms with van der Waals surface area (Å²) in [5, 5.41) is 3.32. The molecule has 1 aromatic rings. The topological polar surface area (TPSA) is 15.3 Å². The van der Waals surface area contributed by atoms with Crippen molar-refractivity contribution in [2.24, 2.45) is 5.92 Å². The Labute approximate surface area is 111 Å². The van der Waals surface area contributed by atoms with E-state index in [0.717, 1.165) is 19.0 Å². The van der Waals surface area contributed by atoms with Crippen LogP contribution >= 0.6 is 0 Å². The predicted octanol–water partition coefficient (Wildman–Crippen LogP) is 3.21. The van der Waals surface area contributed by atoms with E-state index in [1.807, 2.05) is 0 Å². The van der Waals surface area contributed by atoms with Crippen molar-refractivity contribution >= 4 is 5.69 Å². The maximum Gasteiger partial charge on any atom is 0.0373 e. The molecule has 1 aliphatic heterocycles. The van der Waals surface area contributed by atoms with E-state index in [-0.39, 0.29) is 5.54 Å². The zero-order chi connectivity index (χ0) is 13.2. The third-order valence-electron chi connectivity index (χ3n) is 4.14. The zero-order valence-electron chi connectivity index (χ0n) is 12.2. The largest absolute Gasteiger partial charge is 0.366 e. The molecular weight excluding hydrogens is 220 g/mol. The highest BCUT2D eigenvalue weighted by atomic mass is 15.2. The summed E-state index contributed by atoms with van der Waals surface area (Å²) < 4.78 is 0. The van der Waals surface area contributed by atoms with E-state index in [2.05, 4.69) is 62.3 Å². The number of benzene rings is 1. The van der Waals surface area contributed by atoms with Crippen LogP contribution in [0.4, 0.5) is 5.69 Å². The second kappa shape index (κ2) is 5.31. The smallest absolute Gasteiger partial charge is 0.0373 e. The molecule has 0 saturated carbocycles. The fraction of sp³-hybridized carbons (Fsp3) is 0.625. The third-order valence-corrected chi connectivity index (χ3v) is 4.14. The molecule has 1 aromatic carbocycles. The molecular formula is C16H26N2. The lowest BCUT2D eigenvalue weighted by atomic mass is 9.84. The SMILES string of the molecule is CNCC1CCC(C)(C)N(c2cccc(C)c2)C1. The number of hydrogen-bond donors (Lipinski definition) is 1. The van der Waals surface area contributed by atoms with Gasteiger partial charge in [0, 0.05) is 17.8 Å². The fourth-order valence-corrected chi connectivity index (χ4v) is 2.99. The number of piperidine rings is 1. The van der Waals surface area contributed by atoms with Gasteiger partial charge in [-0.05, 0) is 70.8 Å². The normalized spacial score (nSPS) is 23.1. The summed E-state index contributed by atoms with van der Waals surface area (Å²) in [5.41, 5.74) is 3.00. The van der Waals surface area contributed by atoms with Gasteiger partial charge in [-0.3, -0.25) is 0 Å². The second-order valence-electron chi connectivity index (χ2n) is 6.22. The van der Waals surface area contributed by atoms with Gasteiger partial charge in [0.05, 0.1) is 0 Å². The standard InChI is InChI=1S/C16H26N2/c1-13-6-5-7-15(10-13)18-12-14(11-17-4)8-9-16(18,2)3/h5-7,10,14,17H,8-9,11-12H2,1-4H3. The first-order valence-corrected chi connectivity index (χ1v) is 7.02. The minimum absolute atomic E-state index is 0.276. The Kier molecular flexibility index (Phi) is 3.96. The van der Waals surface area contributed by atoms with Crippen LogP contribution < -0.4 is 10.2 Å². The van der Waals surface area contributed by atoms with Gasteiger partial charge in [-0.1, -0.05) is 12.1 Å². The molecule has 2 heteroatoms. The number of rotatable bonds is 3. The van der Waals surface area contributed by atoms with E-state index in [4.69, 9.17) is 0 Å². The number of aryl methyl sites for hydroxylation is 1. The van der Waals surface area contributed by atoms with Crippen LogP contribution in [0.3, 0.4) is 0 Å². The molecule has 0 aromatic heterocycles. The van der Waals surface area contributed by atoms with Crippen LogP contribution in [0.1, 0.15) is 32.3 Å². The lowest BCUT2D eigenvalue weighted by molar-refractivity contribution is 0.287. The quantitative estimate of drug-likeness (QED) is 0.881. The van der Waals surface area contributed by atoms with Crippen molar-refractivity contribution in [2.75, 3.05) is 25.0 Å². The van der Waals surface area contributed by atoms with Gasteiger partial charge in [-0.2, -0.15) is 0 Å². The molecule has 1 heterocycles. The van der Waals surface area contributed by atoms with E-state index in [9.17, 15) is 0 Å². The van der Waals surface area contributed by atoms with Crippen molar-refractivity contribution in [2.45, 2.75) is 39.2 Å². The average Bonchev–Trinajstić information content (AvgIpc) is 2.31. The molecule has 100 valence electrons. The molecule has 1 fully saturated rings. The fourth-order valence-electron chi connectivity index (χ4n) is 2.99. The van der Waals surface area contributed by atoms with Crippen LogP contribution in [-0.4, -0.2) is 25.7 Å². The van der Waals surface area contributed by atoms with Crippen LogP contribution in [0.5, 0.6) is 0 Å². The Morgan fingerprint density at radius 2 is 2.17 bits per heavy atom. The van der Waals surface area contributed by atoms with Crippen molar-refractivity contribution in [1.29, 1.82) is 0 Å². The van der Waals surface area contributed by atoms with Gasteiger partial charge in [-0.15, -0.1) is 0 Å². The van der Waals surface area contributed by atoms with Crippen LogP contribution in [-0.2, 0) is 0 Å². The molecule has 0 bridgehead atoms. The van der Waals surface area contributed by atoms with E-state index in [1.165, 1.54) is 24.1 Å². The monoisotopic (exact) mass is 246 g/mol. The Balaban J connectivity index is 2.21. The van der Waals surface area contributed by atoms with Crippen molar-refractivity contribution in [3.05, 3.63) is 29.8 Å². The molecule has 0 amide bonds. The Bertz CT molecular complexity index is 398. The van der Waals surface area contributed by atoms with Gasteiger partial charge in [0.15, 0.2) is 0 Å². The number of nitrogens with one attached hydrogen (secondary N) is 1. The third kappa shape index (κ3) is 2.86. The summed E-state index contributed by atoms with van der Waals surface area (Å²) in [4.78, 5) is 2.59. The Morgan fingerprint density at radius 1 is 1.39 bits per heavy atom. The number of nitrogens with zero attached hydrogens (tertiary/aromatic N) is 1. The minimum atomic E-state index is 0.276. The first kappa shape index (κ1) is 13.4. The van der Waals surface area contributed by atoms with E-state index in [0.29, 0.717) is 0 Å². The second-order valence-corrected chi connectivity index (χ2v) is 6.22. The van der Waals surface area contributed by atoms with Gasteiger partial charge in [0.25, 0.3) is 0 Å². The van der Waals surface area contributed by atoms with Gasteiger partial charge < -0.3 is 10.2 Å². The first-order valence-electron chi connectivity index (χ1n) is 7.02. The van der Waals surface area contributed by atoms with Gasteiger partial charge in [0.1, 0.15) is 0 Å². The summed E-state index contributed by atoms with van der Waals surface area (Å²) in [6.07, 6.45) is 2.60. The van der Waals surface area contributed by atoms with Crippen LogP contribution in [0.15, 0.2) is 24.3 Å². The lowest BCUT2D eigenvalue weighted by Crippen LogP contribution is -2.52. The van der Waals surface area contributed by atoms with Crippen molar-refractivity contribution in [3.63, 3.8) is 0 Å². The summed E-state index contributed by atoms with van der Waals surface area (Å²) in [7, 11) is 2.05. The molecule has 1 aliphatic rings. The molecule has 1 atom stereocenters. The maximum atomic E-state index is 3.32. The Morgan fingerprint density at radius 3 is 2.83 bits per heavy atom. The summed E-state index contributed by atoms with van der Waals surface area (Å²) >= 11 is 0. The van der Waals surface area contributed by atoms with Gasteiger partial charge in [-0.25, -0.2) is 0 Å². The summed E-state index contributed by atoms with van der Waals surface area (Å²) in [5.74, 6) is 0.767. The van der Waals surface area contributed by atoms with Gasteiger partial charge in [0.2, 0.25) is 0 Å². The molecule has 0 aliphatic carbocycles. The number of hydrogen-bond acceptors (Lipinski definition) is 2. The van der Waals surface area contributed by atoms with Crippen LogP contribution in [0.25, 0.3) is 0 Å². The zero-order valence-corrected chi connectivity index (χ0v) is 12.2. The van der Waals surface area contributed by atoms with E-state index < -0.39 is 0 Å². The highest BCUT2D eigenvalue weighted by Crippen LogP contribution is 2.34. The van der Waals surface area contributed by atoms with Crippen LogP contribution in [0.2, 0.25) is 0 Å². The minimum Gasteiger partial charge on any atom is -0.366 e. The summed E-state index contributed by atoms with van der Waals surface area (Å²) in [6.45, 7) is 9.19. The van der Waals surface area contributed by atoms with Crippen molar-refractivity contribution < 1.29 is 0 Å².